The monoisotopic (exact) mass is 665 g/mol. The Morgan fingerprint density at radius 1 is 0.288 bits per heavy atom. The minimum Gasteiger partial charge on any atom is -0.0622 e. The van der Waals surface area contributed by atoms with Crippen LogP contribution in [0.15, 0.2) is 206 Å². The lowest BCUT2D eigenvalue weighted by molar-refractivity contribution is 1.58. The van der Waals surface area contributed by atoms with Crippen molar-refractivity contribution in [3.05, 3.63) is 206 Å². The van der Waals surface area contributed by atoms with Gasteiger partial charge >= 0.3 is 0 Å². The molecule has 0 heteroatoms. The van der Waals surface area contributed by atoms with E-state index in [1.807, 2.05) is 158 Å². The fraction of sp³-hybridized carbons (Fsp3) is 0. The van der Waals surface area contributed by atoms with Crippen molar-refractivity contribution in [3.8, 4) is 55.6 Å². The Labute approximate surface area is 313 Å². The van der Waals surface area contributed by atoms with Crippen LogP contribution in [0.2, 0.25) is 0 Å². The zero-order valence-corrected chi connectivity index (χ0v) is 28.1. The highest BCUT2D eigenvalue weighted by molar-refractivity contribution is 6.24. The summed E-state index contributed by atoms with van der Waals surface area (Å²) in [5.74, 6) is 0. The maximum absolute atomic E-state index is 10.3. The maximum Gasteiger partial charge on any atom is 0.0636 e. The van der Waals surface area contributed by atoms with E-state index in [0.29, 0.717) is 38.6 Å². The first-order chi connectivity index (χ1) is 28.7. The van der Waals surface area contributed by atoms with Gasteiger partial charge in [-0.2, -0.15) is 0 Å². The third kappa shape index (κ3) is 5.08. The van der Waals surface area contributed by atoms with Crippen LogP contribution in [0.4, 0.5) is 0 Å². The molecule has 0 atom stereocenters. The highest BCUT2D eigenvalue weighted by Crippen LogP contribution is 2.47. The van der Waals surface area contributed by atoms with Gasteiger partial charge in [-0.25, -0.2) is 0 Å². The van der Waals surface area contributed by atoms with E-state index in [4.69, 9.17) is 2.74 Å². The van der Waals surface area contributed by atoms with E-state index < -0.39 is 12.1 Å². The van der Waals surface area contributed by atoms with Crippen LogP contribution in [-0.2, 0) is 0 Å². The second kappa shape index (κ2) is 12.5. The predicted octanol–water partition coefficient (Wildman–Crippen LogP) is 14.6. The summed E-state index contributed by atoms with van der Waals surface area (Å²) in [6.45, 7) is 0. The highest BCUT2D eigenvalue weighted by Gasteiger charge is 2.20. The Kier molecular flexibility index (Phi) is 5.69. The predicted molar refractivity (Wildman–Crippen MR) is 224 cm³/mol. The van der Waals surface area contributed by atoms with Crippen molar-refractivity contribution in [1.82, 2.24) is 0 Å². The van der Waals surface area contributed by atoms with Crippen LogP contribution < -0.4 is 0 Å². The molecule has 0 bridgehead atoms. The van der Waals surface area contributed by atoms with Crippen molar-refractivity contribution in [2.24, 2.45) is 0 Å². The van der Waals surface area contributed by atoms with Crippen LogP contribution in [0.3, 0.4) is 0 Å². The molecule has 0 fully saturated rings. The minimum atomic E-state index is -0.395. The lowest BCUT2D eigenvalue weighted by Gasteiger charge is -2.21. The van der Waals surface area contributed by atoms with Crippen molar-refractivity contribution >= 4 is 43.1 Å². The van der Waals surface area contributed by atoms with E-state index in [2.05, 4.69) is 6.07 Å². The molecule has 0 unspecified atom stereocenters. The van der Waals surface area contributed by atoms with Crippen LogP contribution in [0.1, 0.15) is 9.60 Å². The quantitative estimate of drug-likeness (QED) is 0.161. The molecule has 242 valence electrons. The van der Waals surface area contributed by atoms with Gasteiger partial charge in [0.15, 0.2) is 0 Å². The summed E-state index contributed by atoms with van der Waals surface area (Å²) in [4.78, 5) is 0. The average molecular weight is 666 g/mol. The standard InChI is InChI=1S/C52H34/c1-3-15-35(16-4-1)40-31-41(36-17-5-2-6-18-36)33-42(32-40)51-47-25-11-12-26-48(47)52(46-28-14-22-38-20-8-10-24-44(38)46)49-30-29-39(34-50(49)51)45-27-13-21-37-19-7-9-23-43(37)45/h1-34H/i11D,12D,25D,26D,29D,30D,34D. The van der Waals surface area contributed by atoms with Crippen molar-refractivity contribution in [2.75, 3.05) is 0 Å². The molecule has 0 aliphatic heterocycles. The zero-order chi connectivity index (χ0) is 40.5. The Hall–Kier alpha value is -6.76. The molecule has 0 nitrogen and oxygen atoms in total. The second-order valence-corrected chi connectivity index (χ2v) is 13.1. The molecule has 52 heavy (non-hydrogen) atoms. The van der Waals surface area contributed by atoms with Gasteiger partial charge in [-0.05, 0) is 123 Å². The van der Waals surface area contributed by atoms with Gasteiger partial charge in [-0.3, -0.25) is 0 Å². The second-order valence-electron chi connectivity index (χ2n) is 13.1. The number of benzene rings is 10. The summed E-state index contributed by atoms with van der Waals surface area (Å²) in [5, 5.41) is 4.64. The van der Waals surface area contributed by atoms with Crippen LogP contribution in [0, 0.1) is 0 Å². The number of hydrogen-bond donors (Lipinski definition) is 0. The van der Waals surface area contributed by atoms with Crippen LogP contribution >= 0.6 is 0 Å². The van der Waals surface area contributed by atoms with Crippen LogP contribution in [0.5, 0.6) is 0 Å². The SMILES string of the molecule is [2H]c1c([2H])c([2H])c2c(-c3cccc4ccccc34)c3c([2H])c([2H])c(-c4cccc5ccccc45)c([2H])c3c(-c3cc(-c4ccccc4)cc(-c4ccccc4)c3)c2c1[2H]. The van der Waals surface area contributed by atoms with Crippen molar-refractivity contribution in [1.29, 1.82) is 0 Å². The molecule has 0 spiro atoms. The summed E-state index contributed by atoms with van der Waals surface area (Å²) in [6.07, 6.45) is 0. The molecule has 10 rings (SSSR count). The minimum absolute atomic E-state index is 0.00882. The van der Waals surface area contributed by atoms with Crippen molar-refractivity contribution in [3.63, 3.8) is 0 Å². The fourth-order valence-corrected chi connectivity index (χ4v) is 7.66. The molecule has 0 radical (unpaired) electrons. The Morgan fingerprint density at radius 3 is 1.40 bits per heavy atom. The van der Waals surface area contributed by atoms with E-state index in [1.165, 1.54) is 0 Å². The Morgan fingerprint density at radius 2 is 0.769 bits per heavy atom. The van der Waals surface area contributed by atoms with Gasteiger partial charge in [0, 0.05) is 0 Å². The zero-order valence-electron chi connectivity index (χ0n) is 35.1. The third-order valence-corrected chi connectivity index (χ3v) is 10.1. The van der Waals surface area contributed by atoms with Crippen LogP contribution in [-0.4, -0.2) is 0 Å². The lowest BCUT2D eigenvalue weighted by Crippen LogP contribution is -1.94. The number of fused-ring (bicyclic) bond motifs is 4. The van der Waals surface area contributed by atoms with E-state index in [-0.39, 0.29) is 46.5 Å². The first-order valence-corrected chi connectivity index (χ1v) is 17.4. The summed E-state index contributed by atoms with van der Waals surface area (Å²) in [6, 6.07) is 51.8. The molecule has 0 heterocycles. The van der Waals surface area contributed by atoms with Gasteiger partial charge in [-0.1, -0.05) is 182 Å². The van der Waals surface area contributed by atoms with Gasteiger partial charge in [0.25, 0.3) is 0 Å². The van der Waals surface area contributed by atoms with Gasteiger partial charge in [-0.15, -0.1) is 0 Å². The molecule has 10 aromatic carbocycles. The summed E-state index contributed by atoms with van der Waals surface area (Å²) in [7, 11) is 0. The summed E-state index contributed by atoms with van der Waals surface area (Å²) in [5.41, 5.74) is 6.70. The van der Waals surface area contributed by atoms with Gasteiger partial charge in [0.05, 0.1) is 9.60 Å². The molecule has 10 aromatic rings. The topological polar surface area (TPSA) is 0 Å². The lowest BCUT2D eigenvalue weighted by atomic mass is 9.82. The largest absolute Gasteiger partial charge is 0.0636 e. The Balaban J connectivity index is 1.50. The summed E-state index contributed by atoms with van der Waals surface area (Å²) >= 11 is 0. The summed E-state index contributed by atoms with van der Waals surface area (Å²) < 4.78 is 67.5. The molecule has 0 saturated heterocycles. The molecule has 0 N–H and O–H groups in total. The maximum atomic E-state index is 10.3. The molecule has 0 aliphatic carbocycles. The first-order valence-electron chi connectivity index (χ1n) is 20.9. The molecule has 0 amide bonds. The molecule has 0 saturated carbocycles. The molecule has 0 aromatic heterocycles. The fourth-order valence-electron chi connectivity index (χ4n) is 7.66. The van der Waals surface area contributed by atoms with E-state index >= 15 is 0 Å². The molecular formula is C52H34. The average Bonchev–Trinajstić information content (AvgIpc) is 3.29. The van der Waals surface area contributed by atoms with Crippen LogP contribution in [0.25, 0.3) is 98.7 Å². The van der Waals surface area contributed by atoms with E-state index in [1.54, 1.807) is 0 Å². The van der Waals surface area contributed by atoms with E-state index in [0.717, 1.165) is 43.8 Å². The number of hydrogen-bond acceptors (Lipinski definition) is 0. The van der Waals surface area contributed by atoms with Gasteiger partial charge < -0.3 is 0 Å². The normalized spacial score (nSPS) is 13.3. The van der Waals surface area contributed by atoms with Gasteiger partial charge in [0.1, 0.15) is 0 Å². The number of rotatable bonds is 5. The van der Waals surface area contributed by atoms with E-state index in [9.17, 15) is 6.85 Å². The first kappa shape index (κ1) is 23.6. The van der Waals surface area contributed by atoms with Gasteiger partial charge in [0.2, 0.25) is 0 Å². The Bertz CT molecular complexity index is 3270. The molecule has 0 aliphatic rings. The van der Waals surface area contributed by atoms with Crippen molar-refractivity contribution in [2.45, 2.75) is 0 Å². The highest BCUT2D eigenvalue weighted by atomic mass is 14.2. The smallest absolute Gasteiger partial charge is 0.0622 e. The molecular weight excluding hydrogens is 625 g/mol. The third-order valence-electron chi connectivity index (χ3n) is 10.1. The van der Waals surface area contributed by atoms with Crippen molar-refractivity contribution < 1.29 is 9.60 Å².